The van der Waals surface area contributed by atoms with E-state index >= 15 is 0 Å². The maximum absolute atomic E-state index is 5.87. The summed E-state index contributed by atoms with van der Waals surface area (Å²) >= 11 is 0. The highest BCUT2D eigenvalue weighted by molar-refractivity contribution is 5.50. The summed E-state index contributed by atoms with van der Waals surface area (Å²) in [5, 5.41) is 3.37. The number of hydrogen-bond donors (Lipinski definition) is 1. The van der Waals surface area contributed by atoms with Crippen molar-refractivity contribution in [3.05, 3.63) is 54.1 Å². The number of piperazine rings is 1. The Balaban J connectivity index is 1.69. The zero-order valence-corrected chi connectivity index (χ0v) is 11.8. The van der Waals surface area contributed by atoms with Crippen molar-refractivity contribution in [3.8, 4) is 11.5 Å². The van der Waals surface area contributed by atoms with Gasteiger partial charge in [-0.2, -0.15) is 0 Å². The van der Waals surface area contributed by atoms with Gasteiger partial charge in [-0.15, -0.1) is 0 Å². The van der Waals surface area contributed by atoms with Gasteiger partial charge in [0.05, 0.1) is 0 Å². The Morgan fingerprint density at radius 2 is 1.70 bits per heavy atom. The highest BCUT2D eigenvalue weighted by Crippen LogP contribution is 2.25. The summed E-state index contributed by atoms with van der Waals surface area (Å²) in [6, 6.07) is 16.5. The van der Waals surface area contributed by atoms with Gasteiger partial charge in [-0.25, -0.2) is 0 Å². The molecule has 3 rings (SSSR count). The molecule has 1 aliphatic heterocycles. The molecule has 0 amide bonds. The number of ether oxygens (including phenoxy) is 1. The summed E-state index contributed by atoms with van der Waals surface area (Å²) < 4.78 is 5.87. The zero-order valence-electron chi connectivity index (χ0n) is 11.8. The number of rotatable bonds is 3. The van der Waals surface area contributed by atoms with Gasteiger partial charge in [0, 0.05) is 31.9 Å². The molecule has 0 spiro atoms. The Morgan fingerprint density at radius 1 is 0.950 bits per heavy atom. The third-order valence-corrected chi connectivity index (χ3v) is 3.54. The fourth-order valence-corrected chi connectivity index (χ4v) is 2.46. The lowest BCUT2D eigenvalue weighted by Gasteiger charge is -2.29. The van der Waals surface area contributed by atoms with E-state index < -0.39 is 0 Å². The fraction of sp³-hybridized carbons (Fsp3) is 0.294. The van der Waals surface area contributed by atoms with Crippen LogP contribution in [-0.4, -0.2) is 26.2 Å². The number of benzene rings is 2. The standard InChI is InChI=1S/C17H20N2O/c1-14-3-2-4-17(13-14)20-16-7-5-15(6-8-16)19-11-9-18-10-12-19/h2-8,13,18H,9-12H2,1H3. The van der Waals surface area contributed by atoms with Crippen LogP contribution < -0.4 is 15.0 Å². The molecule has 0 saturated carbocycles. The summed E-state index contributed by atoms with van der Waals surface area (Å²) in [6.45, 7) is 6.32. The minimum absolute atomic E-state index is 0.884. The van der Waals surface area contributed by atoms with Crippen LogP contribution in [0.25, 0.3) is 0 Å². The number of anilines is 1. The quantitative estimate of drug-likeness (QED) is 0.925. The molecule has 1 saturated heterocycles. The second kappa shape index (κ2) is 5.97. The lowest BCUT2D eigenvalue weighted by molar-refractivity contribution is 0.482. The third-order valence-electron chi connectivity index (χ3n) is 3.54. The van der Waals surface area contributed by atoms with E-state index in [0.717, 1.165) is 37.7 Å². The first-order valence-corrected chi connectivity index (χ1v) is 7.11. The molecule has 2 aromatic carbocycles. The van der Waals surface area contributed by atoms with Gasteiger partial charge in [0.25, 0.3) is 0 Å². The lowest BCUT2D eigenvalue weighted by Crippen LogP contribution is -2.43. The zero-order chi connectivity index (χ0) is 13.8. The minimum Gasteiger partial charge on any atom is -0.457 e. The fourth-order valence-electron chi connectivity index (χ4n) is 2.46. The Hall–Kier alpha value is -2.00. The van der Waals surface area contributed by atoms with E-state index in [2.05, 4.69) is 35.3 Å². The summed E-state index contributed by atoms with van der Waals surface area (Å²) in [5.74, 6) is 1.77. The molecule has 0 aromatic heterocycles. The Kier molecular flexibility index (Phi) is 3.88. The van der Waals surface area contributed by atoms with E-state index in [1.807, 2.05) is 30.3 Å². The van der Waals surface area contributed by atoms with Crippen molar-refractivity contribution in [3.63, 3.8) is 0 Å². The molecule has 0 bridgehead atoms. The first kappa shape index (κ1) is 13.0. The SMILES string of the molecule is Cc1cccc(Oc2ccc(N3CCNCC3)cc2)c1. The Morgan fingerprint density at radius 3 is 2.40 bits per heavy atom. The van der Waals surface area contributed by atoms with E-state index in [1.165, 1.54) is 11.3 Å². The van der Waals surface area contributed by atoms with Crippen molar-refractivity contribution in [1.29, 1.82) is 0 Å². The molecule has 3 heteroatoms. The smallest absolute Gasteiger partial charge is 0.127 e. The summed E-state index contributed by atoms with van der Waals surface area (Å²) in [7, 11) is 0. The van der Waals surface area contributed by atoms with Crippen LogP contribution in [0.2, 0.25) is 0 Å². The number of nitrogens with zero attached hydrogens (tertiary/aromatic N) is 1. The first-order chi connectivity index (χ1) is 9.81. The topological polar surface area (TPSA) is 24.5 Å². The highest BCUT2D eigenvalue weighted by Gasteiger charge is 2.10. The molecule has 3 nitrogen and oxygen atoms in total. The van der Waals surface area contributed by atoms with Crippen molar-refractivity contribution in [2.75, 3.05) is 31.1 Å². The monoisotopic (exact) mass is 268 g/mol. The normalized spacial score (nSPS) is 15.2. The van der Waals surface area contributed by atoms with Crippen LogP contribution in [0.15, 0.2) is 48.5 Å². The van der Waals surface area contributed by atoms with Gasteiger partial charge < -0.3 is 15.0 Å². The molecule has 0 aliphatic carbocycles. The number of hydrogen-bond acceptors (Lipinski definition) is 3. The van der Waals surface area contributed by atoms with Gasteiger partial charge >= 0.3 is 0 Å². The molecule has 104 valence electrons. The largest absolute Gasteiger partial charge is 0.457 e. The highest BCUT2D eigenvalue weighted by atomic mass is 16.5. The maximum Gasteiger partial charge on any atom is 0.127 e. The Labute approximate surface area is 120 Å². The Bertz CT molecular complexity index is 559. The van der Waals surface area contributed by atoms with Gasteiger partial charge in [0.2, 0.25) is 0 Å². The van der Waals surface area contributed by atoms with Crippen LogP contribution >= 0.6 is 0 Å². The first-order valence-electron chi connectivity index (χ1n) is 7.11. The maximum atomic E-state index is 5.87. The average molecular weight is 268 g/mol. The van der Waals surface area contributed by atoms with Gasteiger partial charge in [-0.05, 0) is 48.9 Å². The van der Waals surface area contributed by atoms with Crippen LogP contribution in [0.3, 0.4) is 0 Å². The second-order valence-corrected chi connectivity index (χ2v) is 5.15. The minimum atomic E-state index is 0.884. The molecule has 0 atom stereocenters. The molecule has 0 unspecified atom stereocenters. The molecule has 20 heavy (non-hydrogen) atoms. The van der Waals surface area contributed by atoms with E-state index in [-0.39, 0.29) is 0 Å². The number of aryl methyl sites for hydroxylation is 1. The summed E-state index contributed by atoms with van der Waals surface area (Å²) in [6.07, 6.45) is 0. The molecular weight excluding hydrogens is 248 g/mol. The van der Waals surface area contributed by atoms with Crippen molar-refractivity contribution in [2.45, 2.75) is 6.92 Å². The van der Waals surface area contributed by atoms with Gasteiger partial charge in [-0.1, -0.05) is 12.1 Å². The molecular formula is C17H20N2O. The van der Waals surface area contributed by atoms with E-state index in [4.69, 9.17) is 4.74 Å². The van der Waals surface area contributed by atoms with E-state index in [0.29, 0.717) is 0 Å². The predicted octanol–water partition coefficient (Wildman–Crippen LogP) is 3.20. The molecule has 2 aromatic rings. The number of nitrogens with one attached hydrogen (secondary N) is 1. The van der Waals surface area contributed by atoms with Crippen LogP contribution in [0.4, 0.5) is 5.69 Å². The lowest BCUT2D eigenvalue weighted by atomic mass is 10.2. The van der Waals surface area contributed by atoms with Crippen molar-refractivity contribution in [2.24, 2.45) is 0 Å². The van der Waals surface area contributed by atoms with Gasteiger partial charge in [0.15, 0.2) is 0 Å². The third kappa shape index (κ3) is 3.11. The molecule has 1 aliphatic rings. The molecule has 1 N–H and O–H groups in total. The van der Waals surface area contributed by atoms with Gasteiger partial charge in [0.1, 0.15) is 11.5 Å². The summed E-state index contributed by atoms with van der Waals surface area (Å²) in [4.78, 5) is 2.40. The molecule has 1 fully saturated rings. The molecule has 0 radical (unpaired) electrons. The van der Waals surface area contributed by atoms with Crippen molar-refractivity contribution in [1.82, 2.24) is 5.32 Å². The molecule has 1 heterocycles. The van der Waals surface area contributed by atoms with Crippen LogP contribution in [0.1, 0.15) is 5.56 Å². The van der Waals surface area contributed by atoms with E-state index in [1.54, 1.807) is 0 Å². The summed E-state index contributed by atoms with van der Waals surface area (Å²) in [5.41, 5.74) is 2.48. The van der Waals surface area contributed by atoms with E-state index in [9.17, 15) is 0 Å². The predicted molar refractivity (Wildman–Crippen MR) is 82.8 cm³/mol. The average Bonchev–Trinajstić information content (AvgIpc) is 2.49. The van der Waals surface area contributed by atoms with Crippen molar-refractivity contribution < 1.29 is 4.74 Å². The van der Waals surface area contributed by atoms with Crippen LogP contribution in [0, 0.1) is 6.92 Å². The second-order valence-electron chi connectivity index (χ2n) is 5.15. The van der Waals surface area contributed by atoms with Crippen molar-refractivity contribution >= 4 is 5.69 Å². The van der Waals surface area contributed by atoms with Crippen LogP contribution in [-0.2, 0) is 0 Å². The van der Waals surface area contributed by atoms with Gasteiger partial charge in [-0.3, -0.25) is 0 Å². The van der Waals surface area contributed by atoms with Crippen LogP contribution in [0.5, 0.6) is 11.5 Å².